The fourth-order valence-electron chi connectivity index (χ4n) is 3.79. The van der Waals surface area contributed by atoms with Crippen molar-refractivity contribution in [1.29, 1.82) is 5.26 Å². The minimum absolute atomic E-state index is 0.119. The Morgan fingerprint density at radius 2 is 1.80 bits per heavy atom. The number of hydrogen-bond acceptors (Lipinski definition) is 5. The van der Waals surface area contributed by atoms with Crippen molar-refractivity contribution >= 4 is 17.5 Å². The van der Waals surface area contributed by atoms with Crippen molar-refractivity contribution in [2.75, 3.05) is 25.0 Å². The summed E-state index contributed by atoms with van der Waals surface area (Å²) in [5.74, 6) is 0.277. The molecule has 0 bridgehead atoms. The molecule has 1 N–H and O–H groups in total. The smallest absolute Gasteiger partial charge is 0.232 e. The fourth-order valence-corrected chi connectivity index (χ4v) is 3.92. The minimum atomic E-state index is -0.337. The highest BCUT2D eigenvalue weighted by Crippen LogP contribution is 2.29. The standard InChI is InChI=1S/C23H22ClFN4O/c24-18-8-4-16(5-9-18)21(29-12-2-1-3-13-29)15-27-23-20(14-26)28-22(30-23)17-6-10-19(25)11-7-17/h4-11,21,27H,1-3,12-13,15H2. The zero-order chi connectivity index (χ0) is 20.9. The van der Waals surface area contributed by atoms with Crippen LogP contribution in [0.15, 0.2) is 52.9 Å². The van der Waals surface area contributed by atoms with Crippen LogP contribution in [0.3, 0.4) is 0 Å². The quantitative estimate of drug-likeness (QED) is 0.554. The fraction of sp³-hybridized carbons (Fsp3) is 0.304. The Balaban J connectivity index is 1.56. The van der Waals surface area contributed by atoms with E-state index >= 15 is 0 Å². The second-order valence-corrected chi connectivity index (χ2v) is 7.80. The summed E-state index contributed by atoms with van der Waals surface area (Å²) in [6, 6.07) is 15.9. The van der Waals surface area contributed by atoms with Crippen LogP contribution in [0.2, 0.25) is 5.02 Å². The summed E-state index contributed by atoms with van der Waals surface area (Å²) < 4.78 is 19.0. The van der Waals surface area contributed by atoms with E-state index in [4.69, 9.17) is 16.0 Å². The molecular formula is C23H22ClFN4O. The van der Waals surface area contributed by atoms with Crippen LogP contribution in [0.25, 0.3) is 11.5 Å². The third kappa shape index (κ3) is 4.64. The Labute approximate surface area is 180 Å². The molecule has 1 aliphatic heterocycles. The maximum atomic E-state index is 13.2. The van der Waals surface area contributed by atoms with Gasteiger partial charge in [0.05, 0.1) is 6.04 Å². The van der Waals surface area contributed by atoms with Crippen molar-refractivity contribution in [3.8, 4) is 17.5 Å². The molecule has 3 aromatic rings. The molecule has 1 aromatic heterocycles. The van der Waals surface area contributed by atoms with Crippen molar-refractivity contribution in [3.05, 3.63) is 70.6 Å². The molecule has 1 aliphatic rings. The van der Waals surface area contributed by atoms with Gasteiger partial charge in [0.1, 0.15) is 11.9 Å². The third-order valence-corrected chi connectivity index (χ3v) is 5.62. The predicted molar refractivity (Wildman–Crippen MR) is 115 cm³/mol. The summed E-state index contributed by atoms with van der Waals surface area (Å²) in [6.45, 7) is 2.61. The summed E-state index contributed by atoms with van der Waals surface area (Å²) in [6.07, 6.45) is 3.59. The van der Waals surface area contributed by atoms with Crippen molar-refractivity contribution in [1.82, 2.24) is 9.88 Å². The zero-order valence-electron chi connectivity index (χ0n) is 16.4. The molecule has 5 nitrogen and oxygen atoms in total. The number of nitrogens with zero attached hydrogens (tertiary/aromatic N) is 3. The monoisotopic (exact) mass is 424 g/mol. The molecule has 30 heavy (non-hydrogen) atoms. The number of nitriles is 1. The second kappa shape index (κ2) is 9.29. The molecule has 1 atom stereocenters. The average Bonchev–Trinajstić information content (AvgIpc) is 3.19. The van der Waals surface area contributed by atoms with E-state index in [0.717, 1.165) is 18.7 Å². The number of halogens is 2. The van der Waals surface area contributed by atoms with E-state index in [1.807, 2.05) is 24.3 Å². The first-order chi connectivity index (χ1) is 14.6. The lowest BCUT2D eigenvalue weighted by Crippen LogP contribution is -2.37. The zero-order valence-corrected chi connectivity index (χ0v) is 17.2. The molecule has 0 radical (unpaired) electrons. The molecule has 2 heterocycles. The Morgan fingerprint density at radius 3 is 2.47 bits per heavy atom. The molecule has 0 spiro atoms. The number of piperidine rings is 1. The Bertz CT molecular complexity index is 1020. The van der Waals surface area contributed by atoms with Gasteiger partial charge < -0.3 is 9.73 Å². The summed E-state index contributed by atoms with van der Waals surface area (Å²) in [4.78, 5) is 6.71. The largest absolute Gasteiger partial charge is 0.419 e. The second-order valence-electron chi connectivity index (χ2n) is 7.36. The highest BCUT2D eigenvalue weighted by Gasteiger charge is 2.24. The lowest BCUT2D eigenvalue weighted by Gasteiger charge is -2.35. The number of nitrogens with one attached hydrogen (secondary N) is 1. The number of rotatable bonds is 6. The topological polar surface area (TPSA) is 65.1 Å². The lowest BCUT2D eigenvalue weighted by atomic mass is 10.0. The van der Waals surface area contributed by atoms with E-state index in [9.17, 15) is 9.65 Å². The maximum Gasteiger partial charge on any atom is 0.232 e. The van der Waals surface area contributed by atoms with Crippen LogP contribution in [0, 0.1) is 17.1 Å². The van der Waals surface area contributed by atoms with Crippen molar-refractivity contribution in [3.63, 3.8) is 0 Å². The maximum absolute atomic E-state index is 13.2. The van der Waals surface area contributed by atoms with Gasteiger partial charge in [-0.1, -0.05) is 30.2 Å². The van der Waals surface area contributed by atoms with Crippen LogP contribution in [0.1, 0.15) is 36.6 Å². The number of oxazole rings is 1. The molecular weight excluding hydrogens is 403 g/mol. The number of likely N-dealkylation sites (tertiary alicyclic amines) is 1. The highest BCUT2D eigenvalue weighted by atomic mass is 35.5. The van der Waals surface area contributed by atoms with Gasteiger partial charge in [-0.15, -0.1) is 0 Å². The van der Waals surface area contributed by atoms with Crippen LogP contribution in [0.4, 0.5) is 10.3 Å². The molecule has 7 heteroatoms. The molecule has 154 valence electrons. The van der Waals surface area contributed by atoms with Gasteiger partial charge in [0.25, 0.3) is 0 Å². The molecule has 4 rings (SSSR count). The van der Waals surface area contributed by atoms with Gasteiger partial charge in [0.2, 0.25) is 17.5 Å². The number of aromatic nitrogens is 1. The van der Waals surface area contributed by atoms with Crippen LogP contribution < -0.4 is 5.32 Å². The third-order valence-electron chi connectivity index (χ3n) is 5.37. The molecule has 1 fully saturated rings. The van der Waals surface area contributed by atoms with Gasteiger partial charge in [-0.05, 0) is 67.9 Å². The van der Waals surface area contributed by atoms with E-state index in [-0.39, 0.29) is 23.4 Å². The first kappa shape index (κ1) is 20.4. The van der Waals surface area contributed by atoms with Crippen LogP contribution in [-0.4, -0.2) is 29.5 Å². The normalized spacial score (nSPS) is 15.5. The van der Waals surface area contributed by atoms with Crippen LogP contribution >= 0.6 is 11.6 Å². The van der Waals surface area contributed by atoms with E-state index < -0.39 is 0 Å². The Morgan fingerprint density at radius 1 is 1.10 bits per heavy atom. The molecule has 1 unspecified atom stereocenters. The van der Waals surface area contributed by atoms with E-state index in [1.165, 1.54) is 31.4 Å². The van der Waals surface area contributed by atoms with Crippen molar-refractivity contribution < 1.29 is 8.81 Å². The van der Waals surface area contributed by atoms with E-state index in [0.29, 0.717) is 23.0 Å². The molecule has 2 aromatic carbocycles. The Hall–Kier alpha value is -2.88. The first-order valence-corrected chi connectivity index (χ1v) is 10.4. The number of benzene rings is 2. The molecule has 0 saturated carbocycles. The van der Waals surface area contributed by atoms with Gasteiger partial charge in [-0.2, -0.15) is 10.2 Å². The van der Waals surface area contributed by atoms with Crippen LogP contribution in [-0.2, 0) is 0 Å². The van der Waals surface area contributed by atoms with Crippen molar-refractivity contribution in [2.24, 2.45) is 0 Å². The molecule has 0 amide bonds. The van der Waals surface area contributed by atoms with Gasteiger partial charge in [0.15, 0.2) is 0 Å². The van der Waals surface area contributed by atoms with Gasteiger partial charge >= 0.3 is 0 Å². The van der Waals surface area contributed by atoms with Crippen LogP contribution in [0.5, 0.6) is 0 Å². The number of hydrogen-bond donors (Lipinski definition) is 1. The SMILES string of the molecule is N#Cc1nc(-c2ccc(F)cc2)oc1NCC(c1ccc(Cl)cc1)N1CCCCC1. The summed E-state index contributed by atoms with van der Waals surface area (Å²) in [5.41, 5.74) is 1.96. The van der Waals surface area contributed by atoms with Gasteiger partial charge in [-0.25, -0.2) is 4.39 Å². The number of anilines is 1. The summed E-state index contributed by atoms with van der Waals surface area (Å²) in [5, 5.41) is 13.5. The van der Waals surface area contributed by atoms with Gasteiger partial charge in [-0.3, -0.25) is 4.90 Å². The van der Waals surface area contributed by atoms with E-state index in [1.54, 1.807) is 12.1 Å². The van der Waals surface area contributed by atoms with Crippen molar-refractivity contribution in [2.45, 2.75) is 25.3 Å². The average molecular weight is 425 g/mol. The van der Waals surface area contributed by atoms with Gasteiger partial charge in [0, 0.05) is 17.1 Å². The van der Waals surface area contributed by atoms with E-state index in [2.05, 4.69) is 21.3 Å². The highest BCUT2D eigenvalue weighted by molar-refractivity contribution is 6.30. The minimum Gasteiger partial charge on any atom is -0.419 e. The molecule has 0 aliphatic carbocycles. The molecule has 1 saturated heterocycles. The first-order valence-electron chi connectivity index (χ1n) is 10.0. The Kier molecular flexibility index (Phi) is 6.32. The summed E-state index contributed by atoms with van der Waals surface area (Å²) >= 11 is 6.07. The lowest BCUT2D eigenvalue weighted by molar-refractivity contribution is 0.170. The predicted octanol–water partition coefficient (Wildman–Crippen LogP) is 5.64. The summed E-state index contributed by atoms with van der Waals surface area (Å²) in [7, 11) is 0.